The first kappa shape index (κ1) is 19.6. The van der Waals surface area contributed by atoms with Gasteiger partial charge in [0.05, 0.1) is 0 Å². The molecule has 0 heterocycles. The molecule has 0 aliphatic rings. The Morgan fingerprint density at radius 1 is 0.692 bits per heavy atom. The Labute approximate surface area is 109 Å². The first-order chi connectivity index (χ1) is 5.12. The molecule has 0 aliphatic heterocycles. The van der Waals surface area contributed by atoms with Gasteiger partial charge in [0.15, 0.2) is 0 Å². The molecule has 0 amide bonds. The first-order valence-corrected chi connectivity index (χ1v) is 3.99. The van der Waals surface area contributed by atoms with Gasteiger partial charge < -0.3 is 9.47 Å². The maximum atomic E-state index is 4.69. The Morgan fingerprint density at radius 3 is 0.769 bits per heavy atom. The Hall–Kier alpha value is 1.02. The summed E-state index contributed by atoms with van der Waals surface area (Å²) in [7, 11) is 6.51. The molecule has 1 radical (unpaired) electrons. The molecule has 0 atom stereocenters. The second-order valence-corrected chi connectivity index (χ2v) is 4.51. The van der Waals surface area contributed by atoms with Crippen molar-refractivity contribution in [3.05, 3.63) is 14.2 Å². The van der Waals surface area contributed by atoms with Crippen molar-refractivity contribution in [3.63, 3.8) is 0 Å². The number of ether oxygens (including phenoxy) is 2. The largest absolute Gasteiger partial charge is 0.551 e. The molecule has 0 fully saturated rings. The summed E-state index contributed by atoms with van der Waals surface area (Å²) in [5, 5.41) is 0. The van der Waals surface area contributed by atoms with Gasteiger partial charge in [0.1, 0.15) is 0 Å². The number of rotatable bonds is 0. The SMILES string of the molecule is [CH2-]OC(C)(C)C.[CH2-]OC(C)(C)C.[Y]. The molecule has 0 aromatic carbocycles. The van der Waals surface area contributed by atoms with E-state index in [0.29, 0.717) is 0 Å². The van der Waals surface area contributed by atoms with E-state index in [1.807, 2.05) is 41.5 Å². The number of hydrogen-bond acceptors (Lipinski definition) is 2. The summed E-state index contributed by atoms with van der Waals surface area (Å²) in [6.45, 7) is 11.8. The first-order valence-electron chi connectivity index (χ1n) is 3.99. The average Bonchev–Trinajstić information content (AvgIpc) is 1.86. The molecular formula is C10H22O2Y-2. The van der Waals surface area contributed by atoms with E-state index in [1.165, 1.54) is 0 Å². The molecule has 0 aliphatic carbocycles. The van der Waals surface area contributed by atoms with E-state index in [0.717, 1.165) is 0 Å². The van der Waals surface area contributed by atoms with Crippen LogP contribution < -0.4 is 0 Å². The van der Waals surface area contributed by atoms with Gasteiger partial charge in [-0.25, -0.2) is 14.2 Å². The van der Waals surface area contributed by atoms with Gasteiger partial charge in [0.2, 0.25) is 0 Å². The van der Waals surface area contributed by atoms with Crippen LogP contribution in [0.15, 0.2) is 0 Å². The second kappa shape index (κ2) is 8.34. The van der Waals surface area contributed by atoms with Crippen LogP contribution in [0.3, 0.4) is 0 Å². The zero-order valence-electron chi connectivity index (χ0n) is 9.81. The topological polar surface area (TPSA) is 18.5 Å². The minimum absolute atomic E-state index is 0. The summed E-state index contributed by atoms with van der Waals surface area (Å²) in [5.74, 6) is 0. The summed E-state index contributed by atoms with van der Waals surface area (Å²) < 4.78 is 9.38. The van der Waals surface area contributed by atoms with Crippen molar-refractivity contribution in [2.24, 2.45) is 0 Å². The number of hydrogen-bond donors (Lipinski definition) is 0. The van der Waals surface area contributed by atoms with Crippen molar-refractivity contribution in [3.8, 4) is 0 Å². The zero-order chi connectivity index (χ0) is 10.4. The molecule has 0 saturated carbocycles. The van der Waals surface area contributed by atoms with Crippen LogP contribution in [0.25, 0.3) is 0 Å². The van der Waals surface area contributed by atoms with Gasteiger partial charge in [-0.05, 0) is 41.5 Å². The third kappa shape index (κ3) is 32.1. The normalized spacial score (nSPS) is 11.1. The Balaban J connectivity index is -0.000000143. The van der Waals surface area contributed by atoms with Gasteiger partial charge in [0.25, 0.3) is 0 Å². The molecule has 0 N–H and O–H groups in total. The van der Waals surface area contributed by atoms with Crippen molar-refractivity contribution in [1.29, 1.82) is 0 Å². The average molecular weight is 263 g/mol. The van der Waals surface area contributed by atoms with Crippen molar-refractivity contribution in [1.82, 2.24) is 0 Å². The monoisotopic (exact) mass is 263 g/mol. The molecule has 79 valence electrons. The molecule has 0 bridgehead atoms. The van der Waals surface area contributed by atoms with E-state index in [4.69, 9.17) is 0 Å². The fourth-order valence-corrected chi connectivity index (χ4v) is 0. The molecule has 2 nitrogen and oxygen atoms in total. The quantitative estimate of drug-likeness (QED) is 0.625. The van der Waals surface area contributed by atoms with E-state index in [-0.39, 0.29) is 43.9 Å². The van der Waals surface area contributed by atoms with Crippen LogP contribution >= 0.6 is 0 Å². The fourth-order valence-electron chi connectivity index (χ4n) is 0. The van der Waals surface area contributed by atoms with E-state index < -0.39 is 0 Å². The maximum Gasteiger partial charge on any atom is 0.0257 e. The van der Waals surface area contributed by atoms with Gasteiger partial charge in [-0.1, -0.05) is 0 Å². The van der Waals surface area contributed by atoms with Crippen molar-refractivity contribution in [2.45, 2.75) is 52.7 Å². The smallest absolute Gasteiger partial charge is 0.0257 e. The molecule has 0 aromatic rings. The van der Waals surface area contributed by atoms with Gasteiger partial charge in [-0.2, -0.15) is 0 Å². The van der Waals surface area contributed by atoms with Gasteiger partial charge in [0, 0.05) is 43.9 Å². The minimum Gasteiger partial charge on any atom is -0.551 e. The molecule has 0 spiro atoms. The van der Waals surface area contributed by atoms with E-state index in [2.05, 4.69) is 23.7 Å². The van der Waals surface area contributed by atoms with Crippen molar-refractivity contribution in [2.75, 3.05) is 0 Å². The van der Waals surface area contributed by atoms with Crippen LogP contribution in [0.2, 0.25) is 0 Å². The predicted molar refractivity (Wildman–Crippen MR) is 52.4 cm³/mol. The molecule has 0 aromatic heterocycles. The molecule has 13 heavy (non-hydrogen) atoms. The molecule has 0 unspecified atom stereocenters. The van der Waals surface area contributed by atoms with Crippen LogP contribution in [0, 0.1) is 14.2 Å². The standard InChI is InChI=1S/2C5H11O.Y/c2*1-5(2,3)6-4;/h2*4H2,1-3H3;/q2*-1;. The Morgan fingerprint density at radius 2 is 0.769 bits per heavy atom. The van der Waals surface area contributed by atoms with Crippen molar-refractivity contribution >= 4 is 0 Å². The van der Waals surface area contributed by atoms with Crippen molar-refractivity contribution < 1.29 is 42.2 Å². The third-order valence-electron chi connectivity index (χ3n) is 0.866. The fraction of sp³-hybridized carbons (Fsp3) is 0.800. The summed E-state index contributed by atoms with van der Waals surface area (Å²) in [6.07, 6.45) is 0. The van der Waals surface area contributed by atoms with Crippen LogP contribution in [0.4, 0.5) is 0 Å². The van der Waals surface area contributed by atoms with E-state index >= 15 is 0 Å². The molecule has 0 rings (SSSR count). The maximum absolute atomic E-state index is 4.69. The van der Waals surface area contributed by atoms with Crippen LogP contribution in [-0.2, 0) is 42.2 Å². The predicted octanol–water partition coefficient (Wildman–Crippen LogP) is 3.18. The van der Waals surface area contributed by atoms with Gasteiger partial charge in [-0.15, -0.1) is 0 Å². The second-order valence-electron chi connectivity index (χ2n) is 4.51. The zero-order valence-corrected chi connectivity index (χ0v) is 12.6. The molecular weight excluding hydrogens is 241 g/mol. The van der Waals surface area contributed by atoms with Gasteiger partial charge >= 0.3 is 0 Å². The van der Waals surface area contributed by atoms with Crippen LogP contribution in [-0.4, -0.2) is 11.2 Å². The van der Waals surface area contributed by atoms with E-state index in [9.17, 15) is 0 Å². The Kier molecular flexibility index (Phi) is 12.6. The third-order valence-corrected chi connectivity index (χ3v) is 0.866. The van der Waals surface area contributed by atoms with Crippen LogP contribution in [0.1, 0.15) is 41.5 Å². The van der Waals surface area contributed by atoms with E-state index in [1.54, 1.807) is 0 Å². The van der Waals surface area contributed by atoms with Crippen LogP contribution in [0.5, 0.6) is 0 Å². The molecule has 0 saturated heterocycles. The summed E-state index contributed by atoms with van der Waals surface area (Å²) in [5.41, 5.74) is -0.139. The molecule has 3 heteroatoms. The minimum atomic E-state index is -0.0694. The summed E-state index contributed by atoms with van der Waals surface area (Å²) >= 11 is 0. The summed E-state index contributed by atoms with van der Waals surface area (Å²) in [4.78, 5) is 0. The Bertz CT molecular complexity index is 86.5. The van der Waals surface area contributed by atoms with Gasteiger partial charge in [-0.3, -0.25) is 0 Å². The summed E-state index contributed by atoms with van der Waals surface area (Å²) in [6, 6.07) is 0.